The van der Waals surface area contributed by atoms with Crippen molar-refractivity contribution in [1.82, 2.24) is 0 Å². The van der Waals surface area contributed by atoms with Crippen LogP contribution < -0.4 is 5.32 Å². The molecule has 17 heavy (non-hydrogen) atoms. The van der Waals surface area contributed by atoms with Gasteiger partial charge in [0.1, 0.15) is 0 Å². The van der Waals surface area contributed by atoms with E-state index in [-0.39, 0.29) is 6.42 Å². The van der Waals surface area contributed by atoms with Gasteiger partial charge >= 0.3 is 5.97 Å². The fraction of sp³-hybridized carbons (Fsp3) is 0.500. The fourth-order valence-electron chi connectivity index (χ4n) is 1.08. The van der Waals surface area contributed by atoms with Crippen molar-refractivity contribution in [3.8, 4) is 0 Å². The molecule has 2 N–H and O–H groups in total. The summed E-state index contributed by atoms with van der Waals surface area (Å²) in [4.78, 5) is 10.2. The second-order valence-corrected chi connectivity index (χ2v) is 2.89. The topological polar surface area (TPSA) is 49.3 Å². The van der Waals surface area contributed by atoms with Gasteiger partial charge in [-0.2, -0.15) is 0 Å². The van der Waals surface area contributed by atoms with E-state index in [1.807, 2.05) is 58.9 Å². The quantitative estimate of drug-likeness (QED) is 0.836. The zero-order chi connectivity index (χ0) is 13.7. The summed E-state index contributed by atoms with van der Waals surface area (Å²) in [5, 5.41) is 11.5. The number of carbonyl (C=O) groups is 1. The number of benzene rings is 1. The van der Waals surface area contributed by atoms with Crippen LogP contribution in [0.1, 0.15) is 39.7 Å². The van der Waals surface area contributed by atoms with E-state index >= 15 is 0 Å². The monoisotopic (exact) mass is 239 g/mol. The third kappa shape index (κ3) is 9.42. The lowest BCUT2D eigenvalue weighted by Gasteiger charge is -2.06. The Hall–Kier alpha value is -1.51. The van der Waals surface area contributed by atoms with Gasteiger partial charge in [0.2, 0.25) is 0 Å². The number of anilines is 1. The maximum absolute atomic E-state index is 10.2. The molecule has 0 heterocycles. The Labute approximate surface area is 105 Å². The molecule has 3 nitrogen and oxygen atoms in total. The molecule has 3 heteroatoms. The minimum absolute atomic E-state index is 0.147. The summed E-state index contributed by atoms with van der Waals surface area (Å²) >= 11 is 0. The first-order valence-electron chi connectivity index (χ1n) is 6.21. The molecule has 0 amide bonds. The molecule has 0 atom stereocenters. The first kappa shape index (κ1) is 17.9. The van der Waals surface area contributed by atoms with Gasteiger partial charge in [-0.25, -0.2) is 0 Å². The van der Waals surface area contributed by atoms with Gasteiger partial charge in [-0.3, -0.25) is 4.79 Å². The van der Waals surface area contributed by atoms with E-state index in [9.17, 15) is 4.79 Å². The van der Waals surface area contributed by atoms with E-state index in [4.69, 9.17) is 5.11 Å². The van der Waals surface area contributed by atoms with Crippen LogP contribution in [0.2, 0.25) is 0 Å². The summed E-state index contributed by atoms with van der Waals surface area (Å²) in [5.41, 5.74) is 2.14. The number of carboxylic acids is 1. The summed E-state index contributed by atoms with van der Waals surface area (Å²) in [5.74, 6) is -0.777. The Balaban J connectivity index is 0. The SMILES string of the molecule is CC.CC.Cc1ccccc1NCCC(=O)O. The third-order valence-corrected chi connectivity index (χ3v) is 1.80. The van der Waals surface area contributed by atoms with Gasteiger partial charge in [-0.15, -0.1) is 0 Å². The van der Waals surface area contributed by atoms with E-state index in [0.29, 0.717) is 6.54 Å². The zero-order valence-electron chi connectivity index (χ0n) is 11.6. The predicted octanol–water partition coefficient (Wildman–Crippen LogP) is 3.93. The molecule has 0 aromatic heterocycles. The van der Waals surface area contributed by atoms with Gasteiger partial charge in [-0.05, 0) is 18.6 Å². The third-order valence-electron chi connectivity index (χ3n) is 1.80. The standard InChI is InChI=1S/C10H13NO2.2C2H6/c1-8-4-2-3-5-9(8)11-7-6-10(12)13;2*1-2/h2-5,11H,6-7H2,1H3,(H,12,13);2*1-2H3. The van der Waals surface area contributed by atoms with Crippen molar-refractivity contribution in [2.24, 2.45) is 0 Å². The molecule has 0 bridgehead atoms. The second kappa shape index (κ2) is 12.6. The summed E-state index contributed by atoms with van der Waals surface area (Å²) < 4.78 is 0. The molecule has 0 aliphatic rings. The van der Waals surface area contributed by atoms with Gasteiger partial charge in [-0.1, -0.05) is 45.9 Å². The van der Waals surface area contributed by atoms with Crippen LogP contribution in [0.25, 0.3) is 0 Å². The molecule has 1 aromatic rings. The van der Waals surface area contributed by atoms with Crippen LogP contribution in [-0.2, 0) is 4.79 Å². The van der Waals surface area contributed by atoms with E-state index in [2.05, 4.69) is 5.32 Å². The van der Waals surface area contributed by atoms with Crippen LogP contribution in [0.3, 0.4) is 0 Å². The minimum atomic E-state index is -0.777. The number of rotatable bonds is 4. The van der Waals surface area contributed by atoms with Crippen molar-refractivity contribution in [2.45, 2.75) is 41.0 Å². The van der Waals surface area contributed by atoms with Crippen molar-refractivity contribution in [2.75, 3.05) is 11.9 Å². The molecular weight excluding hydrogens is 214 g/mol. The highest BCUT2D eigenvalue weighted by Crippen LogP contribution is 2.12. The van der Waals surface area contributed by atoms with Gasteiger partial charge in [0.25, 0.3) is 0 Å². The number of para-hydroxylation sites is 1. The smallest absolute Gasteiger partial charge is 0.305 e. The van der Waals surface area contributed by atoms with Crippen molar-refractivity contribution in [3.05, 3.63) is 29.8 Å². The summed E-state index contributed by atoms with van der Waals surface area (Å²) in [6.45, 7) is 10.5. The number of nitrogens with one attached hydrogen (secondary N) is 1. The first-order valence-corrected chi connectivity index (χ1v) is 6.21. The van der Waals surface area contributed by atoms with Crippen LogP contribution in [0.4, 0.5) is 5.69 Å². The van der Waals surface area contributed by atoms with Crippen molar-refractivity contribution in [1.29, 1.82) is 0 Å². The van der Waals surface area contributed by atoms with Crippen LogP contribution >= 0.6 is 0 Å². The maximum atomic E-state index is 10.2. The highest BCUT2D eigenvalue weighted by molar-refractivity contribution is 5.67. The van der Waals surface area contributed by atoms with Crippen LogP contribution in [-0.4, -0.2) is 17.6 Å². The van der Waals surface area contributed by atoms with E-state index in [1.54, 1.807) is 0 Å². The Morgan fingerprint density at radius 3 is 2.18 bits per heavy atom. The molecule has 0 saturated carbocycles. The highest BCUT2D eigenvalue weighted by Gasteiger charge is 1.97. The molecule has 98 valence electrons. The van der Waals surface area contributed by atoms with Crippen LogP contribution in [0, 0.1) is 6.92 Å². The van der Waals surface area contributed by atoms with E-state index in [1.165, 1.54) is 0 Å². The largest absolute Gasteiger partial charge is 0.481 e. The lowest BCUT2D eigenvalue weighted by molar-refractivity contribution is -0.136. The molecule has 0 radical (unpaired) electrons. The summed E-state index contributed by atoms with van der Waals surface area (Å²) in [6, 6.07) is 7.81. The molecule has 0 aliphatic heterocycles. The van der Waals surface area contributed by atoms with Gasteiger partial charge in [0.05, 0.1) is 6.42 Å². The van der Waals surface area contributed by atoms with Gasteiger partial charge < -0.3 is 10.4 Å². The molecule has 0 fully saturated rings. The molecule has 0 spiro atoms. The Morgan fingerprint density at radius 2 is 1.71 bits per heavy atom. The van der Waals surface area contributed by atoms with Crippen molar-refractivity contribution < 1.29 is 9.90 Å². The fourth-order valence-corrected chi connectivity index (χ4v) is 1.08. The van der Waals surface area contributed by atoms with E-state index in [0.717, 1.165) is 11.3 Å². The lowest BCUT2D eigenvalue weighted by Crippen LogP contribution is -2.08. The molecular formula is C14H25NO2. The normalized spacial score (nSPS) is 8.06. The van der Waals surface area contributed by atoms with Crippen molar-refractivity contribution >= 4 is 11.7 Å². The summed E-state index contributed by atoms with van der Waals surface area (Å²) in [6.07, 6.45) is 0.147. The van der Waals surface area contributed by atoms with Crippen molar-refractivity contribution in [3.63, 3.8) is 0 Å². The number of aryl methyl sites for hydroxylation is 1. The average molecular weight is 239 g/mol. The molecule has 1 rings (SSSR count). The molecule has 0 aliphatic carbocycles. The van der Waals surface area contributed by atoms with Gasteiger partial charge in [0.15, 0.2) is 0 Å². The molecule has 0 unspecified atom stereocenters. The minimum Gasteiger partial charge on any atom is -0.481 e. The second-order valence-electron chi connectivity index (χ2n) is 2.89. The molecule has 0 saturated heterocycles. The zero-order valence-corrected chi connectivity index (χ0v) is 11.6. The number of hydrogen-bond acceptors (Lipinski definition) is 2. The molecule has 1 aromatic carbocycles. The average Bonchev–Trinajstić information content (AvgIpc) is 2.36. The highest BCUT2D eigenvalue weighted by atomic mass is 16.4. The lowest BCUT2D eigenvalue weighted by atomic mass is 10.2. The number of hydrogen-bond donors (Lipinski definition) is 2. The van der Waals surface area contributed by atoms with Gasteiger partial charge in [0, 0.05) is 12.2 Å². The maximum Gasteiger partial charge on any atom is 0.305 e. The van der Waals surface area contributed by atoms with Crippen LogP contribution in [0.5, 0.6) is 0 Å². The Bertz CT molecular complexity index is 298. The number of aliphatic carboxylic acids is 1. The Kier molecular flexibility index (Phi) is 13.2. The predicted molar refractivity (Wildman–Crippen MR) is 74.6 cm³/mol. The first-order chi connectivity index (χ1) is 8.20. The number of carboxylic acid groups (broad SMARTS) is 1. The summed E-state index contributed by atoms with van der Waals surface area (Å²) in [7, 11) is 0. The Morgan fingerprint density at radius 1 is 1.18 bits per heavy atom. The van der Waals surface area contributed by atoms with E-state index < -0.39 is 5.97 Å². The van der Waals surface area contributed by atoms with Crippen LogP contribution in [0.15, 0.2) is 24.3 Å².